The number of rotatable bonds is 3. The van der Waals surface area contributed by atoms with Crippen molar-refractivity contribution in [2.75, 3.05) is 26.3 Å². The van der Waals surface area contributed by atoms with E-state index in [9.17, 15) is 12.8 Å². The van der Waals surface area contributed by atoms with Crippen molar-refractivity contribution in [3.63, 3.8) is 0 Å². The normalized spacial score (nSPS) is 17.9. The molecular weight excluding hydrogens is 259 g/mol. The molecule has 2 N–H and O–H groups in total. The van der Waals surface area contributed by atoms with E-state index in [2.05, 4.69) is 4.90 Å². The number of hydrogen-bond acceptors (Lipinski definition) is 4. The molecule has 0 amide bonds. The predicted molar refractivity (Wildman–Crippen MR) is 63.9 cm³/mol. The molecule has 2 rings (SSSR count). The van der Waals surface area contributed by atoms with E-state index < -0.39 is 15.8 Å². The first kappa shape index (κ1) is 13.4. The van der Waals surface area contributed by atoms with E-state index in [1.165, 1.54) is 12.1 Å². The monoisotopic (exact) mass is 274 g/mol. The maximum atomic E-state index is 13.3. The van der Waals surface area contributed by atoms with Crippen molar-refractivity contribution < 1.29 is 17.5 Å². The Balaban J connectivity index is 2.20. The van der Waals surface area contributed by atoms with Crippen molar-refractivity contribution in [3.05, 3.63) is 29.6 Å². The molecule has 1 fully saturated rings. The van der Waals surface area contributed by atoms with Crippen LogP contribution >= 0.6 is 0 Å². The molecule has 0 saturated carbocycles. The third kappa shape index (κ3) is 3.49. The lowest BCUT2D eigenvalue weighted by molar-refractivity contribution is 0.0341. The standard InChI is InChI=1S/C11H15FN2O3S/c12-10-5-9(6-11(7-10)18(13,15)16)8-14-1-3-17-4-2-14/h5-7H,1-4,8H2,(H2,13,15,16). The van der Waals surface area contributed by atoms with Gasteiger partial charge in [-0.2, -0.15) is 0 Å². The SMILES string of the molecule is NS(=O)(=O)c1cc(F)cc(CN2CCOCC2)c1. The average molecular weight is 274 g/mol. The van der Waals surface area contributed by atoms with Gasteiger partial charge in [-0.1, -0.05) is 0 Å². The highest BCUT2D eigenvalue weighted by atomic mass is 32.2. The van der Waals surface area contributed by atoms with Crippen LogP contribution in [0.3, 0.4) is 0 Å². The molecule has 1 saturated heterocycles. The number of halogens is 1. The quantitative estimate of drug-likeness (QED) is 0.860. The summed E-state index contributed by atoms with van der Waals surface area (Å²) in [5.74, 6) is -0.593. The van der Waals surface area contributed by atoms with Crippen LogP contribution in [0.15, 0.2) is 23.1 Å². The molecule has 0 aromatic heterocycles. The van der Waals surface area contributed by atoms with Gasteiger partial charge in [0.25, 0.3) is 0 Å². The van der Waals surface area contributed by atoms with Gasteiger partial charge in [-0.05, 0) is 23.8 Å². The lowest BCUT2D eigenvalue weighted by atomic mass is 10.2. The Morgan fingerprint density at radius 1 is 1.28 bits per heavy atom. The Labute approximate surface area is 105 Å². The number of ether oxygens (including phenoxy) is 1. The number of nitrogens with zero attached hydrogens (tertiary/aromatic N) is 1. The van der Waals surface area contributed by atoms with E-state index in [1.807, 2.05) is 0 Å². The molecule has 0 atom stereocenters. The molecule has 1 aromatic carbocycles. The van der Waals surface area contributed by atoms with Gasteiger partial charge in [-0.25, -0.2) is 17.9 Å². The van der Waals surface area contributed by atoms with Crippen LogP contribution in [-0.4, -0.2) is 39.6 Å². The van der Waals surface area contributed by atoms with Crippen molar-refractivity contribution in [1.82, 2.24) is 4.90 Å². The Morgan fingerprint density at radius 3 is 2.56 bits per heavy atom. The van der Waals surface area contributed by atoms with Crippen LogP contribution in [0, 0.1) is 5.82 Å². The van der Waals surface area contributed by atoms with Gasteiger partial charge in [0.15, 0.2) is 0 Å². The fraction of sp³-hybridized carbons (Fsp3) is 0.455. The Hall–Kier alpha value is -1.02. The topological polar surface area (TPSA) is 72.6 Å². The molecule has 1 aliphatic rings. The average Bonchev–Trinajstić information content (AvgIpc) is 2.28. The highest BCUT2D eigenvalue weighted by molar-refractivity contribution is 7.89. The van der Waals surface area contributed by atoms with E-state index in [1.54, 1.807) is 0 Å². The zero-order chi connectivity index (χ0) is 13.2. The van der Waals surface area contributed by atoms with Crippen LogP contribution < -0.4 is 5.14 Å². The Morgan fingerprint density at radius 2 is 1.94 bits per heavy atom. The van der Waals surface area contributed by atoms with Gasteiger partial charge in [0, 0.05) is 19.6 Å². The summed E-state index contributed by atoms with van der Waals surface area (Å²) in [6.07, 6.45) is 0. The van der Waals surface area contributed by atoms with Crippen molar-refractivity contribution >= 4 is 10.0 Å². The highest BCUT2D eigenvalue weighted by Crippen LogP contribution is 2.15. The fourth-order valence-corrected chi connectivity index (χ4v) is 2.49. The second-order valence-corrected chi connectivity index (χ2v) is 5.79. The van der Waals surface area contributed by atoms with Crippen LogP contribution in [0.4, 0.5) is 4.39 Å². The van der Waals surface area contributed by atoms with Gasteiger partial charge in [-0.3, -0.25) is 4.90 Å². The number of morpholine rings is 1. The third-order valence-corrected chi connectivity index (χ3v) is 3.66. The lowest BCUT2D eigenvalue weighted by Gasteiger charge is -2.26. The maximum absolute atomic E-state index is 13.3. The molecule has 0 unspecified atom stereocenters. The molecule has 1 heterocycles. The second-order valence-electron chi connectivity index (χ2n) is 4.23. The largest absolute Gasteiger partial charge is 0.379 e. The second kappa shape index (κ2) is 5.31. The van der Waals surface area contributed by atoms with Gasteiger partial charge in [0.1, 0.15) is 5.82 Å². The van der Waals surface area contributed by atoms with Crippen molar-refractivity contribution in [3.8, 4) is 0 Å². The van der Waals surface area contributed by atoms with Gasteiger partial charge >= 0.3 is 0 Å². The van der Waals surface area contributed by atoms with E-state index >= 15 is 0 Å². The summed E-state index contributed by atoms with van der Waals surface area (Å²) in [5.41, 5.74) is 0.598. The van der Waals surface area contributed by atoms with E-state index in [4.69, 9.17) is 9.88 Å². The fourth-order valence-electron chi connectivity index (χ4n) is 1.89. The summed E-state index contributed by atoms with van der Waals surface area (Å²) >= 11 is 0. The lowest BCUT2D eigenvalue weighted by Crippen LogP contribution is -2.35. The van der Waals surface area contributed by atoms with E-state index in [0.717, 1.165) is 19.2 Å². The van der Waals surface area contributed by atoms with Gasteiger partial charge < -0.3 is 4.74 Å². The molecule has 0 aliphatic carbocycles. The smallest absolute Gasteiger partial charge is 0.238 e. The molecule has 0 spiro atoms. The zero-order valence-corrected chi connectivity index (χ0v) is 10.6. The molecule has 5 nitrogen and oxygen atoms in total. The highest BCUT2D eigenvalue weighted by Gasteiger charge is 2.14. The summed E-state index contributed by atoms with van der Waals surface area (Å²) < 4.78 is 41.0. The molecule has 7 heteroatoms. The molecule has 18 heavy (non-hydrogen) atoms. The molecule has 1 aromatic rings. The number of benzene rings is 1. The minimum absolute atomic E-state index is 0.189. The van der Waals surface area contributed by atoms with Crippen molar-refractivity contribution in [2.45, 2.75) is 11.4 Å². The number of hydrogen-bond donors (Lipinski definition) is 1. The molecule has 1 aliphatic heterocycles. The summed E-state index contributed by atoms with van der Waals surface area (Å²) in [6, 6.07) is 3.66. The predicted octanol–water partition coefficient (Wildman–Crippen LogP) is 0.305. The maximum Gasteiger partial charge on any atom is 0.238 e. The molecule has 0 radical (unpaired) electrons. The third-order valence-electron chi connectivity index (χ3n) is 2.77. The summed E-state index contributed by atoms with van der Waals surface area (Å²) in [7, 11) is -3.87. The molecular formula is C11H15FN2O3S. The van der Waals surface area contributed by atoms with Crippen LogP contribution in [0.25, 0.3) is 0 Å². The van der Waals surface area contributed by atoms with Gasteiger partial charge in [-0.15, -0.1) is 0 Å². The summed E-state index contributed by atoms with van der Waals surface area (Å²) in [4.78, 5) is 1.89. The Bertz CT molecular complexity index is 527. The van der Waals surface area contributed by atoms with Crippen LogP contribution in [0.2, 0.25) is 0 Å². The Kier molecular flexibility index (Phi) is 3.96. The van der Waals surface area contributed by atoms with E-state index in [0.29, 0.717) is 25.3 Å². The minimum atomic E-state index is -3.87. The summed E-state index contributed by atoms with van der Waals surface area (Å²) in [6.45, 7) is 3.26. The van der Waals surface area contributed by atoms with Crippen molar-refractivity contribution in [2.24, 2.45) is 5.14 Å². The summed E-state index contributed by atoms with van der Waals surface area (Å²) in [5, 5.41) is 5.00. The number of sulfonamides is 1. The minimum Gasteiger partial charge on any atom is -0.379 e. The van der Waals surface area contributed by atoms with Gasteiger partial charge in [0.2, 0.25) is 10.0 Å². The van der Waals surface area contributed by atoms with Gasteiger partial charge in [0.05, 0.1) is 18.1 Å². The number of nitrogens with two attached hydrogens (primary N) is 1. The molecule has 0 bridgehead atoms. The van der Waals surface area contributed by atoms with Crippen LogP contribution in [0.1, 0.15) is 5.56 Å². The van der Waals surface area contributed by atoms with Crippen LogP contribution in [0.5, 0.6) is 0 Å². The van der Waals surface area contributed by atoms with Crippen molar-refractivity contribution in [1.29, 1.82) is 0 Å². The number of primary sulfonamides is 1. The zero-order valence-electron chi connectivity index (χ0n) is 9.80. The van der Waals surface area contributed by atoms with E-state index in [-0.39, 0.29) is 4.90 Å². The molecule has 100 valence electrons. The van der Waals surface area contributed by atoms with Crippen LogP contribution in [-0.2, 0) is 21.3 Å². The first-order chi connectivity index (χ1) is 8.45. The first-order valence-electron chi connectivity index (χ1n) is 5.57. The first-order valence-corrected chi connectivity index (χ1v) is 7.12.